The molecule has 1 aromatic rings. The molecule has 1 radical (unpaired) electrons. The first kappa shape index (κ1) is 17.5. The van der Waals surface area contributed by atoms with Gasteiger partial charge in [-0.25, -0.2) is 0 Å². The minimum atomic E-state index is 0.436. The number of rotatable bonds is 4. The zero-order valence-corrected chi connectivity index (χ0v) is 16.1. The van der Waals surface area contributed by atoms with Crippen molar-refractivity contribution in [3.63, 3.8) is 0 Å². The van der Waals surface area contributed by atoms with Crippen LogP contribution in [0.2, 0.25) is 0 Å². The Balaban J connectivity index is 1.36. The largest absolute Gasteiger partial charge is 0.378 e. The summed E-state index contributed by atoms with van der Waals surface area (Å²) < 4.78 is 5.83. The lowest BCUT2D eigenvalue weighted by Gasteiger charge is -2.45. The summed E-state index contributed by atoms with van der Waals surface area (Å²) in [6.45, 7) is 9.82. The average molecular weight is 341 g/mol. The zero-order valence-electron chi connectivity index (χ0n) is 16.1. The van der Waals surface area contributed by atoms with E-state index in [1.165, 1.54) is 70.1 Å². The number of benzene rings is 1. The molecule has 137 valence electrons. The van der Waals surface area contributed by atoms with Crippen LogP contribution in [-0.2, 0) is 4.74 Å². The van der Waals surface area contributed by atoms with Gasteiger partial charge in [-0.3, -0.25) is 0 Å². The molecule has 2 nitrogen and oxygen atoms in total. The Labute approximate surface area is 153 Å². The van der Waals surface area contributed by atoms with Crippen LogP contribution in [0.25, 0.3) is 0 Å². The van der Waals surface area contributed by atoms with Gasteiger partial charge in [-0.2, -0.15) is 0 Å². The van der Waals surface area contributed by atoms with E-state index in [1.807, 2.05) is 0 Å². The quantitative estimate of drug-likeness (QED) is 0.758. The second-order valence-electron chi connectivity index (χ2n) is 9.27. The molecule has 0 bridgehead atoms. The summed E-state index contributed by atoms with van der Waals surface area (Å²) in [6, 6.07) is 11.1. The fraction of sp³-hybridized carbons (Fsp3) is 0.696. The highest BCUT2D eigenvalue weighted by Gasteiger charge is 2.52. The van der Waals surface area contributed by atoms with Crippen LogP contribution in [0.3, 0.4) is 0 Å². The van der Waals surface area contributed by atoms with Gasteiger partial charge in [0, 0.05) is 32.2 Å². The predicted octanol–water partition coefficient (Wildman–Crippen LogP) is 5.08. The highest BCUT2D eigenvalue weighted by atomic mass is 16.5. The molecule has 2 saturated heterocycles. The topological polar surface area (TPSA) is 12.5 Å². The van der Waals surface area contributed by atoms with Gasteiger partial charge < -0.3 is 9.64 Å². The molecule has 2 heteroatoms. The van der Waals surface area contributed by atoms with Crippen LogP contribution in [-0.4, -0.2) is 37.2 Å². The molecule has 1 unspecified atom stereocenters. The van der Waals surface area contributed by atoms with Crippen molar-refractivity contribution < 1.29 is 4.74 Å². The summed E-state index contributed by atoms with van der Waals surface area (Å²) in [5.74, 6) is 1.68. The van der Waals surface area contributed by atoms with Crippen LogP contribution in [0.5, 0.6) is 0 Å². The van der Waals surface area contributed by atoms with Crippen molar-refractivity contribution in [1.29, 1.82) is 0 Å². The Kier molecular flexibility index (Phi) is 4.94. The first-order valence-electron chi connectivity index (χ1n) is 10.3. The van der Waals surface area contributed by atoms with Gasteiger partial charge in [0.15, 0.2) is 0 Å². The third-order valence-corrected chi connectivity index (χ3v) is 7.36. The van der Waals surface area contributed by atoms with E-state index in [9.17, 15) is 0 Å². The van der Waals surface area contributed by atoms with E-state index >= 15 is 0 Å². The highest BCUT2D eigenvalue weighted by Crippen LogP contribution is 2.56. The summed E-state index contributed by atoms with van der Waals surface area (Å²) in [5.41, 5.74) is 2.43. The van der Waals surface area contributed by atoms with Crippen molar-refractivity contribution in [1.82, 2.24) is 4.90 Å². The van der Waals surface area contributed by atoms with Crippen molar-refractivity contribution in [2.45, 2.75) is 64.9 Å². The second-order valence-corrected chi connectivity index (χ2v) is 9.27. The van der Waals surface area contributed by atoms with Gasteiger partial charge in [-0.15, -0.1) is 0 Å². The number of hydrogen-bond acceptors (Lipinski definition) is 2. The minimum Gasteiger partial charge on any atom is -0.378 e. The Bertz CT molecular complexity index is 553. The van der Waals surface area contributed by atoms with Crippen molar-refractivity contribution in [2.75, 3.05) is 26.2 Å². The van der Waals surface area contributed by atoms with Crippen LogP contribution in [0, 0.1) is 16.7 Å². The van der Waals surface area contributed by atoms with Crippen molar-refractivity contribution >= 4 is 0 Å². The molecule has 2 aliphatic heterocycles. The third kappa shape index (κ3) is 3.53. The monoisotopic (exact) mass is 340 g/mol. The SMILES string of the molecule is CC1(C)CN(CCC2CCCO2)CC12CC[C](c1ccccc1)CC2. The molecule has 3 fully saturated rings. The standard InChI is InChI=1S/C23H34NO/c1-22(2)17-24(15-12-21-9-6-16-25-21)18-23(22)13-10-20(11-14-23)19-7-4-3-5-8-19/h3-5,7-8,21H,6,9-18H2,1-2H3. The Morgan fingerprint density at radius 2 is 1.84 bits per heavy atom. The maximum Gasteiger partial charge on any atom is 0.0588 e. The number of nitrogens with zero attached hydrogens (tertiary/aromatic N) is 1. The van der Waals surface area contributed by atoms with Gasteiger partial charge in [-0.1, -0.05) is 44.2 Å². The number of likely N-dealkylation sites (tertiary alicyclic amines) is 1. The van der Waals surface area contributed by atoms with Gasteiger partial charge >= 0.3 is 0 Å². The van der Waals surface area contributed by atoms with E-state index in [4.69, 9.17) is 4.74 Å². The van der Waals surface area contributed by atoms with Crippen molar-refractivity contribution in [2.24, 2.45) is 10.8 Å². The van der Waals surface area contributed by atoms with E-state index < -0.39 is 0 Å². The number of hydrogen-bond donors (Lipinski definition) is 0. The van der Waals surface area contributed by atoms with E-state index in [1.54, 1.807) is 5.92 Å². The Morgan fingerprint density at radius 1 is 1.08 bits per heavy atom. The van der Waals surface area contributed by atoms with Crippen molar-refractivity contribution in [3.8, 4) is 0 Å². The normalized spacial score (nSPS) is 29.4. The first-order valence-corrected chi connectivity index (χ1v) is 10.3. The van der Waals surface area contributed by atoms with Crippen LogP contribution in [0.15, 0.2) is 30.3 Å². The zero-order chi connectivity index (χ0) is 17.3. The van der Waals surface area contributed by atoms with Crippen molar-refractivity contribution in [3.05, 3.63) is 41.8 Å². The molecule has 1 aromatic carbocycles. The molecule has 1 spiro atoms. The summed E-state index contributed by atoms with van der Waals surface area (Å²) in [4.78, 5) is 2.75. The molecular formula is C23H34NO. The Hall–Kier alpha value is -0.860. The molecule has 0 N–H and O–H groups in total. The maximum absolute atomic E-state index is 5.83. The minimum absolute atomic E-state index is 0.436. The second kappa shape index (κ2) is 7.04. The molecule has 1 aliphatic carbocycles. The average Bonchev–Trinajstić information content (AvgIpc) is 3.21. The molecule has 25 heavy (non-hydrogen) atoms. The van der Waals surface area contributed by atoms with Gasteiger partial charge in [0.25, 0.3) is 0 Å². The lowest BCUT2D eigenvalue weighted by atomic mass is 9.58. The molecule has 1 atom stereocenters. The molecule has 3 aliphatic rings. The molecule has 1 saturated carbocycles. The summed E-state index contributed by atoms with van der Waals surface area (Å²) in [6.07, 6.45) is 9.59. The fourth-order valence-corrected chi connectivity index (χ4v) is 5.61. The summed E-state index contributed by atoms with van der Waals surface area (Å²) in [5, 5.41) is 0. The number of ether oxygens (including phenoxy) is 1. The van der Waals surface area contributed by atoms with Gasteiger partial charge in [0.1, 0.15) is 0 Å². The molecule has 0 aromatic heterocycles. The van der Waals surface area contributed by atoms with E-state index in [-0.39, 0.29) is 0 Å². The van der Waals surface area contributed by atoms with E-state index in [2.05, 4.69) is 49.1 Å². The summed E-state index contributed by atoms with van der Waals surface area (Å²) in [7, 11) is 0. The maximum atomic E-state index is 5.83. The fourth-order valence-electron chi connectivity index (χ4n) is 5.61. The lowest BCUT2D eigenvalue weighted by molar-refractivity contribution is 0.0850. The first-order chi connectivity index (χ1) is 12.1. The van der Waals surface area contributed by atoms with E-state index in [0.29, 0.717) is 16.9 Å². The van der Waals surface area contributed by atoms with E-state index in [0.717, 1.165) is 6.61 Å². The van der Waals surface area contributed by atoms with Crippen LogP contribution in [0.1, 0.15) is 64.4 Å². The van der Waals surface area contributed by atoms with Gasteiger partial charge in [0.05, 0.1) is 6.10 Å². The highest BCUT2D eigenvalue weighted by molar-refractivity contribution is 5.32. The third-order valence-electron chi connectivity index (χ3n) is 7.36. The van der Waals surface area contributed by atoms with Gasteiger partial charge in [-0.05, 0) is 61.3 Å². The van der Waals surface area contributed by atoms with Crippen LogP contribution < -0.4 is 0 Å². The molecular weight excluding hydrogens is 306 g/mol. The smallest absolute Gasteiger partial charge is 0.0588 e. The predicted molar refractivity (Wildman–Crippen MR) is 104 cm³/mol. The van der Waals surface area contributed by atoms with Crippen LogP contribution in [0.4, 0.5) is 0 Å². The molecule has 2 heterocycles. The van der Waals surface area contributed by atoms with Gasteiger partial charge in [0.2, 0.25) is 0 Å². The summed E-state index contributed by atoms with van der Waals surface area (Å²) >= 11 is 0. The molecule has 4 rings (SSSR count). The lowest BCUT2D eigenvalue weighted by Crippen LogP contribution is -2.39. The van der Waals surface area contributed by atoms with Crippen LogP contribution >= 0.6 is 0 Å². The Morgan fingerprint density at radius 3 is 2.52 bits per heavy atom. The molecule has 0 amide bonds.